The Morgan fingerprint density at radius 3 is 1.95 bits per heavy atom. The lowest BCUT2D eigenvalue weighted by Gasteiger charge is -2.33. The quantitative estimate of drug-likeness (QED) is 0.329. The highest BCUT2D eigenvalue weighted by Gasteiger charge is 2.33. The largest absolute Gasteiger partial charge is 0.354 e. The van der Waals surface area contributed by atoms with E-state index >= 15 is 0 Å². The molecule has 0 saturated carbocycles. The molecule has 7 nitrogen and oxygen atoms in total. The van der Waals surface area contributed by atoms with Crippen LogP contribution in [0.15, 0.2) is 89.4 Å². The van der Waals surface area contributed by atoms with Crippen molar-refractivity contribution in [3.8, 4) is 0 Å². The summed E-state index contributed by atoms with van der Waals surface area (Å²) in [5.74, 6) is -0.517. The Labute approximate surface area is 234 Å². The number of halogens is 1. The van der Waals surface area contributed by atoms with E-state index in [2.05, 4.69) is 21.2 Å². The first-order valence-corrected chi connectivity index (χ1v) is 15.1. The van der Waals surface area contributed by atoms with Crippen LogP contribution in [0.2, 0.25) is 0 Å². The third kappa shape index (κ3) is 8.70. The summed E-state index contributed by atoms with van der Waals surface area (Å²) in [7, 11) is -3.79. The number of nitrogens with zero attached hydrogens (tertiary/aromatic N) is 2. The van der Waals surface area contributed by atoms with Gasteiger partial charge < -0.3 is 10.2 Å². The van der Waals surface area contributed by atoms with Gasteiger partial charge in [0.1, 0.15) is 12.6 Å². The summed E-state index contributed by atoms with van der Waals surface area (Å²) in [5, 5.41) is 2.98. The van der Waals surface area contributed by atoms with Gasteiger partial charge in [-0.05, 0) is 41.3 Å². The van der Waals surface area contributed by atoms with Crippen LogP contribution in [0.5, 0.6) is 0 Å². The number of sulfonamides is 1. The van der Waals surface area contributed by atoms with Gasteiger partial charge in [-0.2, -0.15) is 0 Å². The molecule has 0 fully saturated rings. The van der Waals surface area contributed by atoms with E-state index < -0.39 is 28.5 Å². The van der Waals surface area contributed by atoms with Crippen LogP contribution in [0, 0.1) is 5.92 Å². The minimum absolute atomic E-state index is 0.157. The molecule has 0 radical (unpaired) electrons. The fraction of sp³-hybridized carbons (Fsp3) is 0.310. The highest BCUT2D eigenvalue weighted by atomic mass is 79.9. The number of carbonyl (C=O) groups is 2. The van der Waals surface area contributed by atoms with E-state index in [1.165, 1.54) is 4.90 Å². The second kappa shape index (κ2) is 13.6. The third-order valence-corrected chi connectivity index (χ3v) is 7.61. The molecule has 0 aliphatic rings. The Bertz CT molecular complexity index is 1300. The van der Waals surface area contributed by atoms with Crippen LogP contribution in [0.4, 0.5) is 5.69 Å². The fourth-order valence-electron chi connectivity index (χ4n) is 3.98. The minimum Gasteiger partial charge on any atom is -0.354 e. The minimum atomic E-state index is -3.79. The number of nitrogens with one attached hydrogen (secondary N) is 1. The van der Waals surface area contributed by atoms with Crippen LogP contribution in [-0.2, 0) is 32.6 Å². The highest BCUT2D eigenvalue weighted by molar-refractivity contribution is 9.10. The van der Waals surface area contributed by atoms with Crippen molar-refractivity contribution in [2.45, 2.75) is 32.9 Å². The monoisotopic (exact) mass is 599 g/mol. The van der Waals surface area contributed by atoms with Gasteiger partial charge in [0.2, 0.25) is 21.8 Å². The van der Waals surface area contributed by atoms with Gasteiger partial charge in [0.05, 0.1) is 11.9 Å². The number of rotatable bonds is 12. The summed E-state index contributed by atoms with van der Waals surface area (Å²) in [6.45, 7) is 4.19. The second-order valence-corrected chi connectivity index (χ2v) is 12.4. The smallest absolute Gasteiger partial charge is 0.244 e. The summed E-state index contributed by atoms with van der Waals surface area (Å²) in [6.07, 6.45) is 1.36. The first-order chi connectivity index (χ1) is 18.0. The normalized spacial score (nSPS) is 12.1. The average molecular weight is 601 g/mol. The zero-order valence-corrected chi connectivity index (χ0v) is 24.3. The summed E-state index contributed by atoms with van der Waals surface area (Å²) < 4.78 is 27.4. The molecule has 1 N–H and O–H groups in total. The Balaban J connectivity index is 2.01. The van der Waals surface area contributed by atoms with Gasteiger partial charge in [-0.3, -0.25) is 13.9 Å². The van der Waals surface area contributed by atoms with Crippen molar-refractivity contribution in [2.24, 2.45) is 5.92 Å². The van der Waals surface area contributed by atoms with Gasteiger partial charge in [-0.1, -0.05) is 90.4 Å². The first kappa shape index (κ1) is 29.4. The summed E-state index contributed by atoms with van der Waals surface area (Å²) >= 11 is 3.36. The van der Waals surface area contributed by atoms with E-state index in [1.54, 1.807) is 24.3 Å². The Hall–Kier alpha value is -3.17. The first-order valence-electron chi connectivity index (χ1n) is 12.4. The van der Waals surface area contributed by atoms with Crippen molar-refractivity contribution in [1.29, 1.82) is 0 Å². The van der Waals surface area contributed by atoms with Crippen molar-refractivity contribution >= 4 is 43.5 Å². The van der Waals surface area contributed by atoms with Crippen LogP contribution in [-0.4, -0.2) is 50.5 Å². The Kier molecular flexibility index (Phi) is 10.5. The fourth-order valence-corrected chi connectivity index (χ4v) is 5.09. The Morgan fingerprint density at radius 2 is 1.42 bits per heavy atom. The van der Waals surface area contributed by atoms with Crippen molar-refractivity contribution in [3.05, 3.63) is 101 Å². The van der Waals surface area contributed by atoms with E-state index in [4.69, 9.17) is 0 Å². The molecule has 202 valence electrons. The van der Waals surface area contributed by atoms with E-state index in [0.29, 0.717) is 18.7 Å². The zero-order valence-electron chi connectivity index (χ0n) is 21.9. The van der Waals surface area contributed by atoms with Gasteiger partial charge >= 0.3 is 0 Å². The summed E-state index contributed by atoms with van der Waals surface area (Å²) in [6, 6.07) is 24.8. The molecule has 2 amide bonds. The lowest BCUT2D eigenvalue weighted by atomic mass is 10.0. The Morgan fingerprint density at radius 1 is 0.868 bits per heavy atom. The predicted molar refractivity (Wildman–Crippen MR) is 155 cm³/mol. The van der Waals surface area contributed by atoms with Crippen molar-refractivity contribution in [1.82, 2.24) is 10.2 Å². The van der Waals surface area contributed by atoms with E-state index in [1.807, 2.05) is 74.5 Å². The number of carbonyl (C=O) groups excluding carboxylic acids is 2. The third-order valence-electron chi connectivity index (χ3n) is 5.95. The number of benzene rings is 3. The number of hydrogen-bond donors (Lipinski definition) is 1. The highest BCUT2D eigenvalue weighted by Crippen LogP contribution is 2.22. The lowest BCUT2D eigenvalue weighted by molar-refractivity contribution is -0.140. The van der Waals surface area contributed by atoms with Crippen molar-refractivity contribution in [3.63, 3.8) is 0 Å². The van der Waals surface area contributed by atoms with Gasteiger partial charge in [-0.15, -0.1) is 0 Å². The maximum atomic E-state index is 13.9. The van der Waals surface area contributed by atoms with Crippen LogP contribution < -0.4 is 9.62 Å². The molecule has 0 heterocycles. The van der Waals surface area contributed by atoms with Crippen molar-refractivity contribution in [2.75, 3.05) is 23.7 Å². The maximum absolute atomic E-state index is 13.9. The molecular weight excluding hydrogens is 566 g/mol. The average Bonchev–Trinajstić information content (AvgIpc) is 2.89. The summed E-state index contributed by atoms with van der Waals surface area (Å²) in [5.41, 5.74) is 2.11. The molecule has 0 saturated heterocycles. The summed E-state index contributed by atoms with van der Waals surface area (Å²) in [4.78, 5) is 29.0. The molecular formula is C29H34BrN3O4S. The SMILES string of the molecule is CC(C)CNC(=O)[C@@H](Cc1ccccc1)N(Cc1ccccc1)C(=O)CN(c1ccc(Br)cc1)S(C)(=O)=O. The molecule has 0 bridgehead atoms. The molecule has 0 spiro atoms. The number of amides is 2. The lowest BCUT2D eigenvalue weighted by Crippen LogP contribution is -2.53. The molecule has 38 heavy (non-hydrogen) atoms. The molecule has 3 aromatic rings. The van der Waals surface area contributed by atoms with Gasteiger partial charge in [0, 0.05) is 24.0 Å². The standard InChI is InChI=1S/C29H34BrN3O4S/c1-22(2)19-31-29(35)27(18-23-10-6-4-7-11-23)32(20-24-12-8-5-9-13-24)28(34)21-33(38(3,36)37)26-16-14-25(30)15-17-26/h4-17,22,27H,18-21H2,1-3H3,(H,31,35)/t27-/m1/s1. The van der Waals surface area contributed by atoms with Gasteiger partial charge in [0.15, 0.2) is 0 Å². The topological polar surface area (TPSA) is 86.8 Å². The van der Waals surface area contributed by atoms with Gasteiger partial charge in [0.25, 0.3) is 0 Å². The number of hydrogen-bond acceptors (Lipinski definition) is 4. The zero-order chi connectivity index (χ0) is 27.7. The van der Waals surface area contributed by atoms with Gasteiger partial charge in [-0.25, -0.2) is 8.42 Å². The van der Waals surface area contributed by atoms with Crippen LogP contribution in [0.25, 0.3) is 0 Å². The van der Waals surface area contributed by atoms with Crippen LogP contribution in [0.1, 0.15) is 25.0 Å². The molecule has 1 atom stereocenters. The van der Waals surface area contributed by atoms with Crippen molar-refractivity contribution < 1.29 is 18.0 Å². The predicted octanol–water partition coefficient (Wildman–Crippen LogP) is 4.63. The van der Waals surface area contributed by atoms with E-state index in [0.717, 1.165) is 26.2 Å². The molecule has 3 aromatic carbocycles. The molecule has 0 aliphatic carbocycles. The molecule has 3 rings (SSSR count). The number of anilines is 1. The molecule has 0 unspecified atom stereocenters. The molecule has 0 aliphatic heterocycles. The van der Waals surface area contributed by atoms with Crippen LogP contribution in [0.3, 0.4) is 0 Å². The molecule has 0 aromatic heterocycles. The van der Waals surface area contributed by atoms with Crippen LogP contribution >= 0.6 is 15.9 Å². The maximum Gasteiger partial charge on any atom is 0.244 e. The second-order valence-electron chi connectivity index (χ2n) is 9.60. The van der Waals surface area contributed by atoms with E-state index in [-0.39, 0.29) is 18.4 Å². The van der Waals surface area contributed by atoms with E-state index in [9.17, 15) is 18.0 Å². The molecule has 9 heteroatoms.